The minimum atomic E-state index is -1.79. The van der Waals surface area contributed by atoms with Gasteiger partial charge >= 0.3 is 23.9 Å². The fraction of sp³-hybridized carbons (Fsp3) is 0.694. The molecule has 346 valence electrons. The highest BCUT2D eigenvalue weighted by molar-refractivity contribution is 5.98. The van der Waals surface area contributed by atoms with Crippen LogP contribution in [-0.2, 0) is 52.7 Å². The zero-order valence-corrected chi connectivity index (χ0v) is 34.3. The average molecular weight is 875 g/mol. The highest BCUT2D eigenvalue weighted by atomic mass is 16.4. The van der Waals surface area contributed by atoms with Crippen LogP contribution in [0.3, 0.4) is 0 Å². The summed E-state index contributed by atoms with van der Waals surface area (Å²) in [7, 11) is 0. The Labute approximate surface area is 351 Å². The number of primary amides is 1. The zero-order chi connectivity index (χ0) is 46.8. The Morgan fingerprint density at radius 1 is 0.459 bits per heavy atom. The van der Waals surface area contributed by atoms with Crippen LogP contribution in [-0.4, -0.2) is 141 Å². The van der Waals surface area contributed by atoms with Crippen LogP contribution < -0.4 is 54.8 Å². The van der Waals surface area contributed by atoms with Gasteiger partial charge < -0.3 is 75.3 Å². The van der Waals surface area contributed by atoms with Gasteiger partial charge in [0, 0.05) is 19.3 Å². The fourth-order valence-corrected chi connectivity index (χ4v) is 5.56. The van der Waals surface area contributed by atoms with Gasteiger partial charge in [-0.3, -0.25) is 47.9 Å². The number of carboxylic acid groups (broad SMARTS) is 4. The first-order valence-electron chi connectivity index (χ1n) is 19.7. The van der Waals surface area contributed by atoms with Crippen molar-refractivity contribution >= 4 is 65.2 Å². The zero-order valence-electron chi connectivity index (χ0n) is 34.3. The molecule has 0 radical (unpaired) electrons. The summed E-state index contributed by atoms with van der Waals surface area (Å²) in [6, 6.07) is -10.7. The van der Waals surface area contributed by atoms with Crippen molar-refractivity contribution in [2.75, 3.05) is 13.1 Å². The SMILES string of the molecule is CC(C)[C@H](NC(=O)[C@H](CC(N)=O)NC(=O)[C@H](CCC(=O)O)NC(=O)[C@@H](N)CCCCN)C(=O)N[C@@H](CCC(=O)O)C(=O)N[C@@H](CCCCN)C(=O)N[C@@H](CCC(=O)O)C(=O)O. The number of carbonyl (C=O) groups is 11. The Kier molecular flexibility index (Phi) is 26.4. The first-order chi connectivity index (χ1) is 28.5. The number of nitrogens with two attached hydrogens (primary N) is 4. The molecular weight excluding hydrogens is 812 g/mol. The molecule has 0 aliphatic heterocycles. The molecule has 0 bridgehead atoms. The van der Waals surface area contributed by atoms with Gasteiger partial charge in [-0.05, 0) is 70.4 Å². The maximum atomic E-state index is 13.7. The lowest BCUT2D eigenvalue weighted by atomic mass is 10.0. The molecule has 0 saturated heterocycles. The number of rotatable bonds is 33. The molecule has 0 fully saturated rings. The van der Waals surface area contributed by atoms with Crippen LogP contribution in [0, 0.1) is 5.92 Å². The van der Waals surface area contributed by atoms with Crippen LogP contribution in [0.15, 0.2) is 0 Å². The third-order valence-electron chi connectivity index (χ3n) is 8.99. The molecule has 0 heterocycles. The van der Waals surface area contributed by atoms with Crippen molar-refractivity contribution in [2.45, 2.75) is 140 Å². The third kappa shape index (κ3) is 23.4. The van der Waals surface area contributed by atoms with Gasteiger partial charge in [-0.1, -0.05) is 20.3 Å². The summed E-state index contributed by atoms with van der Waals surface area (Å²) in [5, 5.41) is 50.9. The summed E-state index contributed by atoms with van der Waals surface area (Å²) >= 11 is 0. The molecule has 18 N–H and O–H groups in total. The van der Waals surface area contributed by atoms with Crippen molar-refractivity contribution < 1.29 is 73.2 Å². The number of aliphatic carboxylic acids is 4. The second-order valence-electron chi connectivity index (χ2n) is 14.5. The van der Waals surface area contributed by atoms with Crippen molar-refractivity contribution in [3.63, 3.8) is 0 Å². The van der Waals surface area contributed by atoms with Gasteiger partial charge in [0.15, 0.2) is 0 Å². The number of hydrogen-bond acceptors (Lipinski definition) is 14. The first-order valence-corrected chi connectivity index (χ1v) is 19.7. The summed E-state index contributed by atoms with van der Waals surface area (Å²) < 4.78 is 0. The maximum absolute atomic E-state index is 13.7. The van der Waals surface area contributed by atoms with Crippen LogP contribution >= 0.6 is 0 Å². The number of carbonyl (C=O) groups excluding carboxylic acids is 7. The van der Waals surface area contributed by atoms with Crippen LogP contribution in [0.5, 0.6) is 0 Å². The van der Waals surface area contributed by atoms with Gasteiger partial charge in [-0.15, -0.1) is 0 Å². The third-order valence-corrected chi connectivity index (χ3v) is 8.99. The Balaban J connectivity index is 6.39. The number of amides is 7. The second-order valence-corrected chi connectivity index (χ2v) is 14.5. The summed E-state index contributed by atoms with van der Waals surface area (Å²) in [6.07, 6.45) is -2.46. The quantitative estimate of drug-likeness (QED) is 0.0277. The minimum absolute atomic E-state index is 0.0975. The average Bonchev–Trinajstić information content (AvgIpc) is 3.16. The van der Waals surface area contributed by atoms with E-state index in [2.05, 4.69) is 31.9 Å². The minimum Gasteiger partial charge on any atom is -0.481 e. The number of carboxylic acids is 4. The molecule has 0 aliphatic carbocycles. The van der Waals surface area contributed by atoms with Crippen molar-refractivity contribution in [2.24, 2.45) is 28.9 Å². The summed E-state index contributed by atoms with van der Waals surface area (Å²) in [6.45, 7) is 3.46. The van der Waals surface area contributed by atoms with E-state index >= 15 is 0 Å². The van der Waals surface area contributed by atoms with E-state index in [1.807, 2.05) is 0 Å². The summed E-state index contributed by atoms with van der Waals surface area (Å²) in [4.78, 5) is 138. The summed E-state index contributed by atoms with van der Waals surface area (Å²) in [5.74, 6) is -13.7. The number of unbranched alkanes of at least 4 members (excludes halogenated alkanes) is 2. The molecule has 0 saturated carbocycles. The van der Waals surface area contributed by atoms with Gasteiger partial charge in [-0.2, -0.15) is 0 Å². The van der Waals surface area contributed by atoms with E-state index in [-0.39, 0.29) is 25.8 Å². The smallest absolute Gasteiger partial charge is 0.326 e. The first kappa shape index (κ1) is 55.0. The summed E-state index contributed by atoms with van der Waals surface area (Å²) in [5.41, 5.74) is 22.2. The molecule has 0 aromatic carbocycles. The van der Waals surface area contributed by atoms with E-state index in [0.717, 1.165) is 0 Å². The lowest BCUT2D eigenvalue weighted by molar-refractivity contribution is -0.143. The van der Waals surface area contributed by atoms with E-state index in [1.54, 1.807) is 0 Å². The Hall–Kier alpha value is -5.95. The largest absolute Gasteiger partial charge is 0.481 e. The molecule has 0 aromatic rings. The van der Waals surface area contributed by atoms with Crippen LogP contribution in [0.4, 0.5) is 0 Å². The van der Waals surface area contributed by atoms with Crippen LogP contribution in [0.25, 0.3) is 0 Å². The van der Waals surface area contributed by atoms with Crippen LogP contribution in [0.1, 0.15) is 97.3 Å². The van der Waals surface area contributed by atoms with Gasteiger partial charge in [0.05, 0.1) is 12.5 Å². The van der Waals surface area contributed by atoms with Gasteiger partial charge in [-0.25, -0.2) is 4.79 Å². The van der Waals surface area contributed by atoms with Crippen molar-refractivity contribution in [1.29, 1.82) is 0 Å². The maximum Gasteiger partial charge on any atom is 0.326 e. The topological polar surface area (TPSA) is 445 Å². The van der Waals surface area contributed by atoms with Gasteiger partial charge in [0.25, 0.3) is 0 Å². The molecule has 0 unspecified atom stereocenters. The lowest BCUT2D eigenvalue weighted by Gasteiger charge is -2.28. The van der Waals surface area contributed by atoms with Crippen molar-refractivity contribution in [3.05, 3.63) is 0 Å². The highest BCUT2D eigenvalue weighted by Crippen LogP contribution is 2.10. The van der Waals surface area contributed by atoms with Crippen molar-refractivity contribution in [3.8, 4) is 0 Å². The van der Waals surface area contributed by atoms with Crippen molar-refractivity contribution in [1.82, 2.24) is 31.9 Å². The molecule has 7 atom stereocenters. The monoisotopic (exact) mass is 874 g/mol. The molecule has 61 heavy (non-hydrogen) atoms. The van der Waals surface area contributed by atoms with E-state index < -0.39 is 158 Å². The molecule has 0 spiro atoms. The molecule has 0 aromatic heterocycles. The number of hydrogen-bond donors (Lipinski definition) is 14. The standard InChI is InChI=1S/C36H62N10O15/c1-18(2)29(46-34(58)24(17-25(40)47)45-33(57)21(9-12-26(48)49)41-30(54)19(39)7-3-5-15-37)35(59)43-22(10-13-27(50)51)32(56)42-20(8-4-6-16-38)31(55)44-23(36(60)61)11-14-28(52)53/h18-24,29H,3-17,37-39H2,1-2H3,(H2,40,47)(H,41,54)(H,42,56)(H,43,59)(H,44,55)(H,45,57)(H,46,58)(H,48,49)(H,50,51)(H,52,53)(H,60,61)/t19-,20-,21-,22-,23-,24-,29-/m0/s1. The van der Waals surface area contributed by atoms with E-state index in [9.17, 15) is 68.1 Å². The van der Waals surface area contributed by atoms with Gasteiger partial charge in [0.2, 0.25) is 41.4 Å². The molecule has 25 heteroatoms. The second kappa shape index (κ2) is 29.3. The Morgan fingerprint density at radius 3 is 1.23 bits per heavy atom. The predicted octanol–water partition coefficient (Wildman–Crippen LogP) is -4.31. The Morgan fingerprint density at radius 2 is 0.820 bits per heavy atom. The van der Waals surface area contributed by atoms with Crippen LogP contribution in [0.2, 0.25) is 0 Å². The predicted molar refractivity (Wildman–Crippen MR) is 212 cm³/mol. The van der Waals surface area contributed by atoms with E-state index in [4.69, 9.17) is 28.0 Å². The molecule has 0 rings (SSSR count). The van der Waals surface area contributed by atoms with E-state index in [0.29, 0.717) is 25.8 Å². The van der Waals surface area contributed by atoms with E-state index in [1.165, 1.54) is 13.8 Å². The number of nitrogens with one attached hydrogen (secondary N) is 6. The lowest BCUT2D eigenvalue weighted by Crippen LogP contribution is -2.61. The molecule has 25 nitrogen and oxygen atoms in total. The normalized spacial score (nSPS) is 14.4. The molecular formula is C36H62N10O15. The van der Waals surface area contributed by atoms with Gasteiger partial charge in [0.1, 0.15) is 36.3 Å². The molecule has 0 aliphatic rings. The molecule has 7 amide bonds. The highest BCUT2D eigenvalue weighted by Gasteiger charge is 2.35. The fourth-order valence-electron chi connectivity index (χ4n) is 5.56. The Bertz CT molecular complexity index is 1550.